The number of rotatable bonds is 1. The quantitative estimate of drug-likeness (QED) is 0.673. The van der Waals surface area contributed by atoms with Crippen LogP contribution >= 0.6 is 0 Å². The summed E-state index contributed by atoms with van der Waals surface area (Å²) in [4.78, 5) is 14.9. The van der Waals surface area contributed by atoms with Gasteiger partial charge in [0.25, 0.3) is 5.91 Å². The first-order valence-corrected chi connectivity index (χ1v) is 9.46. The molecule has 1 atom stereocenters. The third-order valence-electron chi connectivity index (χ3n) is 5.85. The molecule has 0 aromatic heterocycles. The lowest BCUT2D eigenvalue weighted by Gasteiger charge is -2.37. The highest BCUT2D eigenvalue weighted by molar-refractivity contribution is 5.95. The van der Waals surface area contributed by atoms with Crippen molar-refractivity contribution < 1.29 is 14.3 Å². The molecule has 4 nitrogen and oxygen atoms in total. The second-order valence-electron chi connectivity index (χ2n) is 7.65. The number of likely N-dealkylation sites (tertiary alicyclic amines) is 1. The number of carbonyl (C=O) groups excluding carboxylic acids is 1. The summed E-state index contributed by atoms with van der Waals surface area (Å²) in [6.45, 7) is 4.06. The number of piperidine rings is 1. The number of fused-ring (bicyclic) bond motifs is 3. The van der Waals surface area contributed by atoms with Crippen molar-refractivity contribution in [3.8, 4) is 11.1 Å². The monoisotopic (exact) mass is 349 g/mol. The summed E-state index contributed by atoms with van der Waals surface area (Å²) in [6, 6.07) is 14.6. The molecule has 2 aromatic carbocycles. The lowest BCUT2D eigenvalue weighted by Crippen LogP contribution is -2.47. The molecule has 2 fully saturated rings. The van der Waals surface area contributed by atoms with Gasteiger partial charge in [-0.1, -0.05) is 30.3 Å². The van der Waals surface area contributed by atoms with E-state index in [0.717, 1.165) is 24.8 Å². The van der Waals surface area contributed by atoms with E-state index >= 15 is 0 Å². The van der Waals surface area contributed by atoms with Crippen LogP contribution in [-0.2, 0) is 15.9 Å². The zero-order valence-corrected chi connectivity index (χ0v) is 15.0. The largest absolute Gasteiger partial charge is 0.347 e. The maximum absolute atomic E-state index is 13.0. The minimum atomic E-state index is -0.463. The zero-order valence-electron chi connectivity index (χ0n) is 15.0. The number of hydrogen-bond donors (Lipinski definition) is 0. The first-order chi connectivity index (χ1) is 12.6. The molecule has 0 N–H and O–H groups in total. The zero-order chi connectivity index (χ0) is 17.7. The predicted octanol–water partition coefficient (Wildman–Crippen LogP) is 3.63. The average molecular weight is 349 g/mol. The fourth-order valence-corrected chi connectivity index (χ4v) is 4.48. The minimum absolute atomic E-state index is 0.115. The highest BCUT2D eigenvalue weighted by atomic mass is 16.7. The van der Waals surface area contributed by atoms with Crippen LogP contribution in [0.5, 0.6) is 0 Å². The molecular weight excluding hydrogens is 326 g/mol. The molecule has 0 radical (unpaired) electrons. The lowest BCUT2D eigenvalue weighted by molar-refractivity contribution is -0.189. The molecular formula is C22H23NO3. The van der Waals surface area contributed by atoms with Gasteiger partial charge in [0.15, 0.2) is 5.79 Å². The van der Waals surface area contributed by atoms with Gasteiger partial charge in [-0.05, 0) is 47.7 Å². The van der Waals surface area contributed by atoms with Crippen LogP contribution in [0.4, 0.5) is 0 Å². The molecule has 2 aliphatic heterocycles. The van der Waals surface area contributed by atoms with Crippen molar-refractivity contribution in [2.24, 2.45) is 0 Å². The first-order valence-electron chi connectivity index (χ1n) is 9.46. The van der Waals surface area contributed by atoms with Crippen LogP contribution in [0.15, 0.2) is 42.5 Å². The number of benzene rings is 2. The van der Waals surface area contributed by atoms with Gasteiger partial charge < -0.3 is 14.4 Å². The van der Waals surface area contributed by atoms with E-state index in [1.807, 2.05) is 17.9 Å². The lowest BCUT2D eigenvalue weighted by atomic mass is 10.0. The minimum Gasteiger partial charge on any atom is -0.347 e. The topological polar surface area (TPSA) is 38.8 Å². The van der Waals surface area contributed by atoms with Crippen molar-refractivity contribution >= 4 is 5.91 Å². The second-order valence-corrected chi connectivity index (χ2v) is 7.65. The van der Waals surface area contributed by atoms with Gasteiger partial charge in [0.05, 0.1) is 12.7 Å². The van der Waals surface area contributed by atoms with Crippen LogP contribution in [0, 0.1) is 0 Å². The molecule has 1 aliphatic carbocycles. The second kappa shape index (κ2) is 5.93. The van der Waals surface area contributed by atoms with Crippen molar-refractivity contribution in [1.82, 2.24) is 4.90 Å². The summed E-state index contributed by atoms with van der Waals surface area (Å²) in [5.41, 5.74) is 5.94. The third-order valence-corrected chi connectivity index (χ3v) is 5.85. The van der Waals surface area contributed by atoms with Crippen molar-refractivity contribution in [3.63, 3.8) is 0 Å². The smallest absolute Gasteiger partial charge is 0.253 e. The standard InChI is InChI=1S/C22H23NO3/c1-15-14-25-22(26-15)8-10-23(11-9-22)21(24)17-6-7-20-18(13-17)12-16-4-2-3-5-19(16)20/h2-7,13,15H,8-12,14H2,1H3/t15-/m1/s1. The van der Waals surface area contributed by atoms with Crippen molar-refractivity contribution in [3.05, 3.63) is 59.2 Å². The summed E-state index contributed by atoms with van der Waals surface area (Å²) in [5, 5.41) is 0. The molecule has 4 heteroatoms. The summed E-state index contributed by atoms with van der Waals surface area (Å²) < 4.78 is 11.8. The summed E-state index contributed by atoms with van der Waals surface area (Å²) in [5.74, 6) is -0.347. The van der Waals surface area contributed by atoms with Crippen molar-refractivity contribution in [2.45, 2.75) is 38.1 Å². The van der Waals surface area contributed by atoms with Crippen LogP contribution in [0.3, 0.4) is 0 Å². The average Bonchev–Trinajstić information content (AvgIpc) is 3.21. The van der Waals surface area contributed by atoms with E-state index in [0.29, 0.717) is 19.7 Å². The van der Waals surface area contributed by atoms with E-state index in [1.54, 1.807) is 0 Å². The van der Waals surface area contributed by atoms with Crippen molar-refractivity contribution in [2.75, 3.05) is 19.7 Å². The molecule has 134 valence electrons. The first kappa shape index (κ1) is 16.0. The number of carbonyl (C=O) groups is 1. The summed E-state index contributed by atoms with van der Waals surface area (Å²) >= 11 is 0. The molecule has 2 saturated heterocycles. The van der Waals surface area contributed by atoms with Gasteiger partial charge in [0, 0.05) is 31.5 Å². The SMILES string of the molecule is C[C@@H]1COC2(CCN(C(=O)c3ccc4c(c3)Cc3ccccc3-4)CC2)O1. The number of ether oxygens (including phenoxy) is 2. The fraction of sp³-hybridized carbons (Fsp3) is 0.409. The van der Waals surface area contributed by atoms with Gasteiger partial charge in [-0.2, -0.15) is 0 Å². The number of hydrogen-bond acceptors (Lipinski definition) is 3. The molecule has 1 spiro atoms. The molecule has 1 amide bonds. The Balaban J connectivity index is 1.32. The van der Waals surface area contributed by atoms with Crippen LogP contribution in [0.2, 0.25) is 0 Å². The van der Waals surface area contributed by atoms with Gasteiger partial charge in [0.2, 0.25) is 0 Å². The Morgan fingerprint density at radius 2 is 1.85 bits per heavy atom. The normalized spacial score (nSPS) is 23.1. The number of nitrogens with zero attached hydrogens (tertiary/aromatic N) is 1. The maximum atomic E-state index is 13.0. The highest BCUT2D eigenvalue weighted by Gasteiger charge is 2.43. The maximum Gasteiger partial charge on any atom is 0.253 e. The highest BCUT2D eigenvalue weighted by Crippen LogP contribution is 2.38. The third kappa shape index (κ3) is 2.56. The van der Waals surface area contributed by atoms with Gasteiger partial charge in [-0.15, -0.1) is 0 Å². The Morgan fingerprint density at radius 1 is 1.08 bits per heavy atom. The van der Waals surface area contributed by atoms with Crippen LogP contribution in [-0.4, -0.2) is 42.4 Å². The van der Waals surface area contributed by atoms with E-state index < -0.39 is 5.79 Å². The van der Waals surface area contributed by atoms with E-state index in [9.17, 15) is 4.79 Å². The summed E-state index contributed by atoms with van der Waals surface area (Å²) in [6.07, 6.45) is 2.56. The van der Waals surface area contributed by atoms with E-state index in [2.05, 4.69) is 36.4 Å². The molecule has 3 aliphatic rings. The van der Waals surface area contributed by atoms with Crippen LogP contribution < -0.4 is 0 Å². The molecule has 0 saturated carbocycles. The Bertz CT molecular complexity index is 867. The molecule has 5 rings (SSSR count). The molecule has 0 unspecified atom stereocenters. The van der Waals surface area contributed by atoms with E-state index in [4.69, 9.17) is 9.47 Å². The molecule has 2 aromatic rings. The van der Waals surface area contributed by atoms with Crippen LogP contribution in [0.1, 0.15) is 41.3 Å². The molecule has 26 heavy (non-hydrogen) atoms. The predicted molar refractivity (Wildman–Crippen MR) is 99.1 cm³/mol. The van der Waals surface area contributed by atoms with Gasteiger partial charge in [0.1, 0.15) is 0 Å². The van der Waals surface area contributed by atoms with Crippen molar-refractivity contribution in [1.29, 1.82) is 0 Å². The van der Waals surface area contributed by atoms with Gasteiger partial charge in [-0.3, -0.25) is 4.79 Å². The number of amides is 1. The fourth-order valence-electron chi connectivity index (χ4n) is 4.48. The van der Waals surface area contributed by atoms with E-state index in [-0.39, 0.29) is 12.0 Å². The molecule has 0 bridgehead atoms. The molecule has 2 heterocycles. The Kier molecular flexibility index (Phi) is 3.66. The van der Waals surface area contributed by atoms with Crippen LogP contribution in [0.25, 0.3) is 11.1 Å². The summed E-state index contributed by atoms with van der Waals surface area (Å²) in [7, 11) is 0. The Hall–Kier alpha value is -2.17. The van der Waals surface area contributed by atoms with Gasteiger partial charge >= 0.3 is 0 Å². The Labute approximate surface area is 153 Å². The van der Waals surface area contributed by atoms with Gasteiger partial charge in [-0.25, -0.2) is 0 Å². The van der Waals surface area contributed by atoms with E-state index in [1.165, 1.54) is 22.3 Å². The Morgan fingerprint density at radius 3 is 2.62 bits per heavy atom.